The normalized spacial score (nSPS) is 19.8. The minimum Gasteiger partial charge on any atom is -0.302 e. The summed E-state index contributed by atoms with van der Waals surface area (Å²) in [6.07, 6.45) is 4.09. The van der Waals surface area contributed by atoms with Crippen LogP contribution in [0.25, 0.3) is 0 Å². The average molecular weight is 183 g/mol. The van der Waals surface area contributed by atoms with Gasteiger partial charge in [-0.2, -0.15) is 0 Å². The molecule has 1 aliphatic rings. The first-order chi connectivity index (χ1) is 6.26. The third-order valence-corrected chi connectivity index (χ3v) is 3.08. The van der Waals surface area contributed by atoms with Crippen LogP contribution in [0.5, 0.6) is 0 Å². The number of Topliss-reactive ketones (excluding diaryl/α,β-unsaturated/α-hetero) is 1. The standard InChI is InChI=1S/C11H21NO/c1-3-10(4-2)9-12-7-5-11(13)6-8-12/h10H,3-9H2,1-2H3. The molecule has 0 spiro atoms. The highest BCUT2D eigenvalue weighted by Gasteiger charge is 2.17. The number of likely N-dealkylation sites (tertiary alicyclic amines) is 1. The van der Waals surface area contributed by atoms with E-state index in [1.54, 1.807) is 0 Å². The summed E-state index contributed by atoms with van der Waals surface area (Å²) in [5.74, 6) is 1.27. The highest BCUT2D eigenvalue weighted by molar-refractivity contribution is 5.79. The molecule has 2 nitrogen and oxygen atoms in total. The topological polar surface area (TPSA) is 20.3 Å². The van der Waals surface area contributed by atoms with Gasteiger partial charge in [-0.3, -0.25) is 4.79 Å². The van der Waals surface area contributed by atoms with E-state index in [1.165, 1.54) is 19.4 Å². The van der Waals surface area contributed by atoms with E-state index in [9.17, 15) is 4.79 Å². The molecule has 0 aliphatic carbocycles. The van der Waals surface area contributed by atoms with Crippen molar-refractivity contribution in [2.24, 2.45) is 5.92 Å². The quantitative estimate of drug-likeness (QED) is 0.665. The van der Waals surface area contributed by atoms with E-state index in [1.807, 2.05) is 0 Å². The van der Waals surface area contributed by atoms with Gasteiger partial charge in [0, 0.05) is 32.5 Å². The number of hydrogen-bond acceptors (Lipinski definition) is 2. The van der Waals surface area contributed by atoms with Crippen LogP contribution in [0.15, 0.2) is 0 Å². The molecule has 0 aromatic rings. The summed E-state index contributed by atoms with van der Waals surface area (Å²) >= 11 is 0. The SMILES string of the molecule is CCC(CC)CN1CCC(=O)CC1. The van der Waals surface area contributed by atoms with Crippen molar-refractivity contribution in [3.05, 3.63) is 0 Å². The average Bonchev–Trinajstić information content (AvgIpc) is 2.17. The Hall–Kier alpha value is -0.370. The summed E-state index contributed by atoms with van der Waals surface area (Å²) in [6, 6.07) is 0. The highest BCUT2D eigenvalue weighted by atomic mass is 16.1. The maximum atomic E-state index is 11.0. The van der Waals surface area contributed by atoms with E-state index in [-0.39, 0.29) is 0 Å². The summed E-state index contributed by atoms with van der Waals surface area (Å²) in [5.41, 5.74) is 0. The number of hydrogen-bond donors (Lipinski definition) is 0. The summed E-state index contributed by atoms with van der Waals surface area (Å²) in [6.45, 7) is 7.69. The molecular weight excluding hydrogens is 162 g/mol. The molecule has 2 heteroatoms. The number of carbonyl (C=O) groups excluding carboxylic acids is 1. The second-order valence-corrected chi connectivity index (χ2v) is 4.02. The Bertz CT molecular complexity index is 153. The van der Waals surface area contributed by atoms with Crippen LogP contribution in [-0.2, 0) is 4.79 Å². The maximum Gasteiger partial charge on any atom is 0.135 e. The Morgan fingerprint density at radius 3 is 2.23 bits per heavy atom. The lowest BCUT2D eigenvalue weighted by Crippen LogP contribution is -2.37. The van der Waals surface area contributed by atoms with Crippen molar-refractivity contribution in [1.29, 1.82) is 0 Å². The van der Waals surface area contributed by atoms with Crippen molar-refractivity contribution in [2.45, 2.75) is 39.5 Å². The van der Waals surface area contributed by atoms with E-state index in [0.717, 1.165) is 31.8 Å². The predicted octanol–water partition coefficient (Wildman–Crippen LogP) is 2.09. The number of rotatable bonds is 4. The molecule has 0 saturated carbocycles. The molecule has 1 rings (SSSR count). The first-order valence-corrected chi connectivity index (χ1v) is 5.50. The maximum absolute atomic E-state index is 11.0. The molecule has 0 aromatic heterocycles. The van der Waals surface area contributed by atoms with Crippen LogP contribution in [0.1, 0.15) is 39.5 Å². The minimum absolute atomic E-state index is 0.445. The summed E-state index contributed by atoms with van der Waals surface area (Å²) in [4.78, 5) is 13.5. The van der Waals surface area contributed by atoms with Crippen LogP contribution < -0.4 is 0 Å². The van der Waals surface area contributed by atoms with Gasteiger partial charge in [-0.25, -0.2) is 0 Å². The van der Waals surface area contributed by atoms with Crippen LogP contribution in [0.4, 0.5) is 0 Å². The van der Waals surface area contributed by atoms with Crippen molar-refractivity contribution in [3.8, 4) is 0 Å². The van der Waals surface area contributed by atoms with Gasteiger partial charge in [0.1, 0.15) is 5.78 Å². The Labute approximate surface area is 81.3 Å². The molecule has 1 heterocycles. The van der Waals surface area contributed by atoms with E-state index in [2.05, 4.69) is 18.7 Å². The van der Waals surface area contributed by atoms with E-state index < -0.39 is 0 Å². The highest BCUT2D eigenvalue weighted by Crippen LogP contribution is 2.13. The first kappa shape index (κ1) is 10.7. The number of nitrogens with zero attached hydrogens (tertiary/aromatic N) is 1. The molecule has 13 heavy (non-hydrogen) atoms. The van der Waals surface area contributed by atoms with Gasteiger partial charge in [-0.1, -0.05) is 26.7 Å². The zero-order valence-electron chi connectivity index (χ0n) is 8.88. The lowest BCUT2D eigenvalue weighted by Gasteiger charge is -2.29. The monoisotopic (exact) mass is 183 g/mol. The van der Waals surface area contributed by atoms with Crippen LogP contribution in [0.2, 0.25) is 0 Å². The second-order valence-electron chi connectivity index (χ2n) is 4.02. The molecule has 0 bridgehead atoms. The van der Waals surface area contributed by atoms with Crippen molar-refractivity contribution in [1.82, 2.24) is 4.90 Å². The van der Waals surface area contributed by atoms with Gasteiger partial charge >= 0.3 is 0 Å². The fraction of sp³-hybridized carbons (Fsp3) is 0.909. The Balaban J connectivity index is 2.24. The van der Waals surface area contributed by atoms with E-state index in [0.29, 0.717) is 5.78 Å². The van der Waals surface area contributed by atoms with Crippen LogP contribution >= 0.6 is 0 Å². The largest absolute Gasteiger partial charge is 0.302 e. The molecular formula is C11H21NO. The molecule has 0 radical (unpaired) electrons. The van der Waals surface area contributed by atoms with Crippen LogP contribution in [0, 0.1) is 5.92 Å². The van der Waals surface area contributed by atoms with E-state index in [4.69, 9.17) is 0 Å². The summed E-state index contributed by atoms with van der Waals surface area (Å²) in [7, 11) is 0. The number of ketones is 1. The number of carbonyl (C=O) groups is 1. The predicted molar refractivity (Wildman–Crippen MR) is 54.8 cm³/mol. The molecule has 76 valence electrons. The van der Waals surface area contributed by atoms with E-state index >= 15 is 0 Å². The van der Waals surface area contributed by atoms with Crippen molar-refractivity contribution < 1.29 is 4.79 Å². The Morgan fingerprint density at radius 2 is 1.77 bits per heavy atom. The zero-order valence-corrected chi connectivity index (χ0v) is 8.88. The molecule has 1 saturated heterocycles. The van der Waals surface area contributed by atoms with Crippen molar-refractivity contribution in [3.63, 3.8) is 0 Å². The molecule has 0 atom stereocenters. The number of piperidine rings is 1. The Kier molecular flexibility index (Phi) is 4.43. The Morgan fingerprint density at radius 1 is 1.23 bits per heavy atom. The molecule has 0 aromatic carbocycles. The van der Waals surface area contributed by atoms with Crippen LogP contribution in [0.3, 0.4) is 0 Å². The van der Waals surface area contributed by atoms with Gasteiger partial charge < -0.3 is 4.90 Å². The smallest absolute Gasteiger partial charge is 0.135 e. The third kappa shape index (κ3) is 3.47. The van der Waals surface area contributed by atoms with Gasteiger partial charge in [0.15, 0.2) is 0 Å². The fourth-order valence-corrected chi connectivity index (χ4v) is 1.90. The molecule has 1 aliphatic heterocycles. The fourth-order valence-electron chi connectivity index (χ4n) is 1.90. The van der Waals surface area contributed by atoms with Gasteiger partial charge in [0.05, 0.1) is 0 Å². The molecule has 0 amide bonds. The van der Waals surface area contributed by atoms with Gasteiger partial charge in [0.25, 0.3) is 0 Å². The van der Waals surface area contributed by atoms with Gasteiger partial charge in [0.2, 0.25) is 0 Å². The lowest BCUT2D eigenvalue weighted by atomic mass is 10.0. The van der Waals surface area contributed by atoms with Crippen LogP contribution in [-0.4, -0.2) is 30.3 Å². The molecule has 0 N–H and O–H groups in total. The second kappa shape index (κ2) is 5.38. The van der Waals surface area contributed by atoms with Gasteiger partial charge in [-0.05, 0) is 5.92 Å². The summed E-state index contributed by atoms with van der Waals surface area (Å²) in [5, 5.41) is 0. The lowest BCUT2D eigenvalue weighted by molar-refractivity contribution is -0.121. The zero-order chi connectivity index (χ0) is 9.68. The summed E-state index contributed by atoms with van der Waals surface area (Å²) < 4.78 is 0. The molecule has 0 unspecified atom stereocenters. The van der Waals surface area contributed by atoms with Crippen molar-refractivity contribution >= 4 is 5.78 Å². The first-order valence-electron chi connectivity index (χ1n) is 5.50. The van der Waals surface area contributed by atoms with Crippen molar-refractivity contribution in [2.75, 3.05) is 19.6 Å². The third-order valence-electron chi connectivity index (χ3n) is 3.08. The minimum atomic E-state index is 0.445. The van der Waals surface area contributed by atoms with Gasteiger partial charge in [-0.15, -0.1) is 0 Å². The molecule has 1 fully saturated rings.